The monoisotopic (exact) mass is 323 g/mol. The van der Waals surface area contributed by atoms with Gasteiger partial charge in [0.15, 0.2) is 0 Å². The predicted molar refractivity (Wildman–Crippen MR) is 91.3 cm³/mol. The summed E-state index contributed by atoms with van der Waals surface area (Å²) < 4.78 is 0. The van der Waals surface area contributed by atoms with Gasteiger partial charge in [-0.2, -0.15) is 0 Å². The number of hydrogen-bond acceptors (Lipinski definition) is 3. The topological polar surface area (TPSA) is 66.4 Å². The van der Waals surface area contributed by atoms with Gasteiger partial charge >= 0.3 is 5.97 Å². The van der Waals surface area contributed by atoms with Crippen LogP contribution in [0.15, 0.2) is 29.2 Å². The highest BCUT2D eigenvalue weighted by atomic mass is 32.2. The number of hydrogen-bond donors (Lipinski definition) is 2. The lowest BCUT2D eigenvalue weighted by Crippen LogP contribution is -2.22. The van der Waals surface area contributed by atoms with E-state index in [2.05, 4.69) is 5.32 Å². The van der Waals surface area contributed by atoms with Crippen molar-refractivity contribution >= 4 is 29.3 Å². The smallest absolute Gasteiger partial charge is 0.316 e. The molecular formula is C17H25NO3S. The predicted octanol–water partition coefficient (Wildman–Crippen LogP) is 4.41. The SMILES string of the molecule is CCCC(Sc1ccccc1NC(=O)C(CC)CC)C(=O)O. The van der Waals surface area contributed by atoms with Crippen LogP contribution >= 0.6 is 11.8 Å². The minimum atomic E-state index is -0.812. The van der Waals surface area contributed by atoms with E-state index in [1.54, 1.807) is 0 Å². The Balaban J connectivity index is 2.89. The number of carboxylic acid groups (broad SMARTS) is 1. The third-order valence-corrected chi connectivity index (χ3v) is 4.93. The summed E-state index contributed by atoms with van der Waals surface area (Å²) >= 11 is 1.30. The fourth-order valence-corrected chi connectivity index (χ4v) is 3.38. The molecule has 0 fully saturated rings. The number of amides is 1. The van der Waals surface area contributed by atoms with Gasteiger partial charge in [-0.25, -0.2) is 0 Å². The van der Waals surface area contributed by atoms with E-state index in [4.69, 9.17) is 0 Å². The summed E-state index contributed by atoms with van der Waals surface area (Å²) in [6, 6.07) is 7.40. The molecule has 1 amide bonds. The standard InChI is InChI=1S/C17H25NO3S/c1-4-9-15(17(20)21)22-14-11-8-7-10-13(14)18-16(19)12(5-2)6-3/h7-8,10-12,15H,4-6,9H2,1-3H3,(H,18,19)(H,20,21). The molecule has 2 N–H and O–H groups in total. The van der Waals surface area contributed by atoms with Crippen LogP contribution in [0.5, 0.6) is 0 Å². The van der Waals surface area contributed by atoms with Crippen molar-refractivity contribution in [3.63, 3.8) is 0 Å². The van der Waals surface area contributed by atoms with Crippen LogP contribution in [-0.4, -0.2) is 22.2 Å². The van der Waals surface area contributed by atoms with Crippen molar-refractivity contribution in [1.29, 1.82) is 0 Å². The molecule has 1 rings (SSSR count). The molecule has 0 bridgehead atoms. The van der Waals surface area contributed by atoms with Crippen LogP contribution in [0.2, 0.25) is 0 Å². The van der Waals surface area contributed by atoms with Gasteiger partial charge < -0.3 is 10.4 Å². The number of carbonyl (C=O) groups is 2. The first-order chi connectivity index (χ1) is 10.5. The Morgan fingerprint density at radius 1 is 1.18 bits per heavy atom. The van der Waals surface area contributed by atoms with Gasteiger partial charge in [0.2, 0.25) is 5.91 Å². The van der Waals surface area contributed by atoms with Crippen LogP contribution in [0, 0.1) is 5.92 Å². The Hall–Kier alpha value is -1.49. The van der Waals surface area contributed by atoms with E-state index in [0.717, 1.165) is 24.2 Å². The first-order valence-corrected chi connectivity index (χ1v) is 8.70. The Labute approximate surface area is 136 Å². The van der Waals surface area contributed by atoms with Gasteiger partial charge in [0.25, 0.3) is 0 Å². The van der Waals surface area contributed by atoms with Crippen LogP contribution < -0.4 is 5.32 Å². The summed E-state index contributed by atoms with van der Waals surface area (Å²) in [5.41, 5.74) is 0.701. The number of anilines is 1. The number of carbonyl (C=O) groups excluding carboxylic acids is 1. The van der Waals surface area contributed by atoms with E-state index in [1.165, 1.54) is 11.8 Å². The maximum atomic E-state index is 12.2. The molecule has 1 atom stereocenters. The molecule has 1 aromatic carbocycles. The van der Waals surface area contributed by atoms with E-state index < -0.39 is 11.2 Å². The minimum absolute atomic E-state index is 0.000386. The van der Waals surface area contributed by atoms with Gasteiger partial charge in [0.1, 0.15) is 5.25 Å². The molecule has 0 saturated heterocycles. The van der Waals surface area contributed by atoms with Crippen LogP contribution in [0.3, 0.4) is 0 Å². The van der Waals surface area contributed by atoms with Crippen LogP contribution in [-0.2, 0) is 9.59 Å². The van der Waals surface area contributed by atoms with Gasteiger partial charge in [-0.3, -0.25) is 9.59 Å². The highest BCUT2D eigenvalue weighted by molar-refractivity contribution is 8.00. The molecule has 0 radical (unpaired) electrons. The fourth-order valence-electron chi connectivity index (χ4n) is 2.22. The molecular weight excluding hydrogens is 298 g/mol. The summed E-state index contributed by atoms with van der Waals surface area (Å²) in [4.78, 5) is 24.4. The lowest BCUT2D eigenvalue weighted by atomic mass is 10.0. The molecule has 1 aromatic rings. The Bertz CT molecular complexity index is 500. The third kappa shape index (κ3) is 5.37. The number of aliphatic carboxylic acids is 1. The molecule has 122 valence electrons. The third-order valence-electron chi connectivity index (χ3n) is 3.60. The van der Waals surface area contributed by atoms with E-state index in [-0.39, 0.29) is 11.8 Å². The van der Waals surface area contributed by atoms with Gasteiger partial charge in [-0.15, -0.1) is 11.8 Å². The second-order valence-corrected chi connectivity index (χ2v) is 6.48. The molecule has 4 nitrogen and oxygen atoms in total. The molecule has 0 aliphatic rings. The summed E-state index contributed by atoms with van der Waals surface area (Å²) in [5, 5.41) is 11.8. The maximum absolute atomic E-state index is 12.2. The van der Waals surface area contributed by atoms with Gasteiger partial charge in [0.05, 0.1) is 5.69 Å². The summed E-state index contributed by atoms with van der Waals surface area (Å²) in [5.74, 6) is -0.822. The Morgan fingerprint density at radius 3 is 2.36 bits per heavy atom. The van der Waals surface area contributed by atoms with Crippen molar-refractivity contribution in [3.8, 4) is 0 Å². The van der Waals surface area contributed by atoms with E-state index in [0.29, 0.717) is 12.1 Å². The van der Waals surface area contributed by atoms with Crippen molar-refractivity contribution in [2.24, 2.45) is 5.92 Å². The molecule has 5 heteroatoms. The number of benzene rings is 1. The van der Waals surface area contributed by atoms with Crippen molar-refractivity contribution in [2.45, 2.75) is 56.6 Å². The molecule has 0 aliphatic carbocycles. The zero-order chi connectivity index (χ0) is 16.5. The second-order valence-electron chi connectivity index (χ2n) is 5.23. The van der Waals surface area contributed by atoms with Gasteiger partial charge in [0, 0.05) is 10.8 Å². The Kier molecular flexibility index (Phi) is 8.02. The number of rotatable bonds is 9. The quantitative estimate of drug-likeness (QED) is 0.661. The summed E-state index contributed by atoms with van der Waals surface area (Å²) in [7, 11) is 0. The summed E-state index contributed by atoms with van der Waals surface area (Å²) in [6.07, 6.45) is 3.01. The van der Waals surface area contributed by atoms with Crippen molar-refractivity contribution in [1.82, 2.24) is 0 Å². The van der Waals surface area contributed by atoms with Gasteiger partial charge in [-0.05, 0) is 31.4 Å². The van der Waals surface area contributed by atoms with Crippen molar-refractivity contribution < 1.29 is 14.7 Å². The molecule has 0 aliphatic heterocycles. The maximum Gasteiger partial charge on any atom is 0.316 e. The molecule has 0 heterocycles. The Morgan fingerprint density at radius 2 is 1.82 bits per heavy atom. The first-order valence-electron chi connectivity index (χ1n) is 7.82. The number of carboxylic acids is 1. The van der Waals surface area contributed by atoms with Gasteiger partial charge in [-0.1, -0.05) is 39.3 Å². The first kappa shape index (κ1) is 18.6. The fraction of sp³-hybridized carbons (Fsp3) is 0.529. The number of nitrogens with one attached hydrogen (secondary N) is 1. The molecule has 0 saturated carbocycles. The van der Waals surface area contributed by atoms with E-state index in [9.17, 15) is 14.7 Å². The number of para-hydroxylation sites is 1. The lowest BCUT2D eigenvalue weighted by molar-refractivity contribution is -0.136. The molecule has 0 aromatic heterocycles. The average molecular weight is 323 g/mol. The van der Waals surface area contributed by atoms with Crippen molar-refractivity contribution in [3.05, 3.63) is 24.3 Å². The highest BCUT2D eigenvalue weighted by Crippen LogP contribution is 2.33. The largest absolute Gasteiger partial charge is 0.480 e. The normalized spacial score (nSPS) is 12.2. The van der Waals surface area contributed by atoms with E-state index >= 15 is 0 Å². The number of thioether (sulfide) groups is 1. The summed E-state index contributed by atoms with van der Waals surface area (Å²) in [6.45, 7) is 5.96. The zero-order valence-corrected chi connectivity index (χ0v) is 14.3. The van der Waals surface area contributed by atoms with Crippen LogP contribution in [0.4, 0.5) is 5.69 Å². The molecule has 0 spiro atoms. The second kappa shape index (κ2) is 9.51. The minimum Gasteiger partial charge on any atom is -0.480 e. The van der Waals surface area contributed by atoms with Crippen LogP contribution in [0.1, 0.15) is 46.5 Å². The average Bonchev–Trinajstić information content (AvgIpc) is 2.49. The molecule has 22 heavy (non-hydrogen) atoms. The highest BCUT2D eigenvalue weighted by Gasteiger charge is 2.21. The zero-order valence-electron chi connectivity index (χ0n) is 13.5. The molecule has 1 unspecified atom stereocenters. The van der Waals surface area contributed by atoms with Crippen molar-refractivity contribution in [2.75, 3.05) is 5.32 Å². The lowest BCUT2D eigenvalue weighted by Gasteiger charge is -2.17. The van der Waals surface area contributed by atoms with E-state index in [1.807, 2.05) is 45.0 Å². The van der Waals surface area contributed by atoms with Crippen LogP contribution in [0.25, 0.3) is 0 Å².